The van der Waals surface area contributed by atoms with E-state index >= 15 is 0 Å². The molecule has 116 valence electrons. The van der Waals surface area contributed by atoms with Gasteiger partial charge in [-0.15, -0.1) is 0 Å². The summed E-state index contributed by atoms with van der Waals surface area (Å²) in [6.07, 6.45) is 4.90. The highest BCUT2D eigenvalue weighted by atomic mass is 16.3. The second-order valence-corrected chi connectivity index (χ2v) is 9.13. The fourth-order valence-corrected chi connectivity index (χ4v) is 3.33. The van der Waals surface area contributed by atoms with Crippen molar-refractivity contribution in [1.29, 1.82) is 0 Å². The molecule has 0 saturated carbocycles. The maximum absolute atomic E-state index is 9.64. The Balaban J connectivity index is 4.19. The zero-order valence-electron chi connectivity index (χ0n) is 14.7. The minimum atomic E-state index is 0.347. The minimum Gasteiger partial charge on any atom is -0.396 e. The van der Waals surface area contributed by atoms with Crippen molar-refractivity contribution >= 4 is 0 Å². The lowest BCUT2D eigenvalue weighted by Crippen LogP contribution is -2.22. The molecule has 0 aromatic rings. The molecule has 0 saturated heterocycles. The van der Waals surface area contributed by atoms with Gasteiger partial charge in [-0.1, -0.05) is 61.8 Å². The van der Waals surface area contributed by atoms with Gasteiger partial charge in [0.05, 0.1) is 0 Å². The topological polar surface area (TPSA) is 20.2 Å². The van der Waals surface area contributed by atoms with Crippen molar-refractivity contribution in [2.24, 2.45) is 28.6 Å². The molecule has 0 aromatic heterocycles. The Bertz CT molecular complexity index is 231. The van der Waals surface area contributed by atoms with E-state index in [9.17, 15) is 5.11 Å². The third-order valence-electron chi connectivity index (χ3n) is 3.96. The van der Waals surface area contributed by atoms with Crippen LogP contribution in [0, 0.1) is 28.6 Å². The normalized spacial score (nSPS) is 18.2. The molecule has 0 aliphatic carbocycles. The molecule has 0 aliphatic rings. The van der Waals surface area contributed by atoms with Crippen LogP contribution in [-0.4, -0.2) is 11.7 Å². The largest absolute Gasteiger partial charge is 0.396 e. The van der Waals surface area contributed by atoms with E-state index in [4.69, 9.17) is 0 Å². The van der Waals surface area contributed by atoms with Crippen molar-refractivity contribution < 1.29 is 5.11 Å². The predicted molar refractivity (Wildman–Crippen MR) is 86.3 cm³/mol. The zero-order chi connectivity index (χ0) is 15.3. The summed E-state index contributed by atoms with van der Waals surface area (Å²) >= 11 is 0. The smallest absolute Gasteiger partial charge is 0.0461 e. The lowest BCUT2D eigenvalue weighted by atomic mass is 9.76. The summed E-state index contributed by atoms with van der Waals surface area (Å²) in [6, 6.07) is 0. The number of aliphatic hydroxyl groups is 1. The average Bonchev–Trinajstić information content (AvgIpc) is 2.12. The lowest BCUT2D eigenvalue weighted by molar-refractivity contribution is 0.135. The van der Waals surface area contributed by atoms with Crippen LogP contribution in [0.2, 0.25) is 0 Å². The van der Waals surface area contributed by atoms with Gasteiger partial charge >= 0.3 is 0 Å². The summed E-state index contributed by atoms with van der Waals surface area (Å²) in [4.78, 5) is 0. The fourth-order valence-electron chi connectivity index (χ4n) is 3.33. The molecule has 0 amide bonds. The van der Waals surface area contributed by atoms with Gasteiger partial charge in [-0.2, -0.15) is 0 Å². The molecule has 1 nitrogen and oxygen atoms in total. The predicted octanol–water partition coefficient (Wildman–Crippen LogP) is 5.52. The van der Waals surface area contributed by atoms with Crippen LogP contribution in [0.25, 0.3) is 0 Å². The quantitative estimate of drug-likeness (QED) is 0.646. The summed E-state index contributed by atoms with van der Waals surface area (Å²) in [6.45, 7) is 18.8. The second-order valence-electron chi connectivity index (χ2n) is 9.13. The van der Waals surface area contributed by atoms with Crippen molar-refractivity contribution in [1.82, 2.24) is 0 Å². The third-order valence-corrected chi connectivity index (χ3v) is 3.96. The van der Waals surface area contributed by atoms with Gasteiger partial charge in [-0.25, -0.2) is 0 Å². The Morgan fingerprint density at radius 2 is 1.26 bits per heavy atom. The number of aliphatic hydroxyl groups excluding tert-OH is 1. The molecule has 0 fully saturated rings. The first-order valence-electron chi connectivity index (χ1n) is 8.05. The molecule has 0 heterocycles. The van der Waals surface area contributed by atoms with Crippen molar-refractivity contribution in [3.05, 3.63) is 0 Å². The van der Waals surface area contributed by atoms with E-state index in [1.165, 1.54) is 25.7 Å². The van der Waals surface area contributed by atoms with Gasteiger partial charge in [0.1, 0.15) is 0 Å². The van der Waals surface area contributed by atoms with Crippen LogP contribution < -0.4 is 0 Å². The van der Waals surface area contributed by atoms with E-state index in [0.29, 0.717) is 29.3 Å². The molecule has 0 aliphatic heterocycles. The summed E-state index contributed by atoms with van der Waals surface area (Å²) in [5.74, 6) is 1.85. The lowest BCUT2D eigenvalue weighted by Gasteiger charge is -2.30. The molecule has 1 heteroatoms. The van der Waals surface area contributed by atoms with Crippen LogP contribution >= 0.6 is 0 Å². The van der Waals surface area contributed by atoms with Crippen molar-refractivity contribution in [2.45, 2.75) is 81.1 Å². The SMILES string of the molecule is CC(CCC(CO)C(C)CC(C)(C)C)CC(C)(C)C. The summed E-state index contributed by atoms with van der Waals surface area (Å²) in [5, 5.41) is 9.64. The molecule has 19 heavy (non-hydrogen) atoms. The number of rotatable bonds is 7. The number of hydrogen-bond donors (Lipinski definition) is 1. The van der Waals surface area contributed by atoms with Crippen LogP contribution in [0.5, 0.6) is 0 Å². The third kappa shape index (κ3) is 10.4. The molecule has 0 spiro atoms. The number of hydrogen-bond acceptors (Lipinski definition) is 1. The highest BCUT2D eigenvalue weighted by Crippen LogP contribution is 2.33. The first-order chi connectivity index (χ1) is 8.44. The highest BCUT2D eigenvalue weighted by Gasteiger charge is 2.23. The molecule has 3 atom stereocenters. The Morgan fingerprint density at radius 3 is 1.63 bits per heavy atom. The van der Waals surface area contributed by atoms with E-state index in [1.54, 1.807) is 0 Å². The van der Waals surface area contributed by atoms with Crippen molar-refractivity contribution in [2.75, 3.05) is 6.61 Å². The van der Waals surface area contributed by atoms with Crippen LogP contribution in [0.15, 0.2) is 0 Å². The molecule has 1 N–H and O–H groups in total. The fraction of sp³-hybridized carbons (Fsp3) is 1.00. The highest BCUT2D eigenvalue weighted by molar-refractivity contribution is 4.74. The Morgan fingerprint density at radius 1 is 0.789 bits per heavy atom. The van der Waals surface area contributed by atoms with E-state index in [1.807, 2.05) is 0 Å². The summed E-state index contributed by atoms with van der Waals surface area (Å²) in [5.41, 5.74) is 0.787. The van der Waals surface area contributed by atoms with Crippen LogP contribution in [0.4, 0.5) is 0 Å². The minimum absolute atomic E-state index is 0.347. The van der Waals surface area contributed by atoms with E-state index in [0.717, 1.165) is 5.92 Å². The van der Waals surface area contributed by atoms with Crippen molar-refractivity contribution in [3.8, 4) is 0 Å². The van der Waals surface area contributed by atoms with Gasteiger partial charge in [0.2, 0.25) is 0 Å². The maximum Gasteiger partial charge on any atom is 0.0461 e. The van der Waals surface area contributed by atoms with Gasteiger partial charge in [0.25, 0.3) is 0 Å². The molecule has 0 radical (unpaired) electrons. The molecule has 0 rings (SSSR count). The van der Waals surface area contributed by atoms with Gasteiger partial charge in [0, 0.05) is 6.61 Å². The summed E-state index contributed by atoms with van der Waals surface area (Å²) in [7, 11) is 0. The van der Waals surface area contributed by atoms with Crippen LogP contribution in [-0.2, 0) is 0 Å². The Labute approximate surface area is 122 Å². The van der Waals surface area contributed by atoms with Gasteiger partial charge in [0.15, 0.2) is 0 Å². The van der Waals surface area contributed by atoms with Gasteiger partial charge in [-0.05, 0) is 47.8 Å². The van der Waals surface area contributed by atoms with E-state index in [-0.39, 0.29) is 0 Å². The Hall–Kier alpha value is -0.0400. The van der Waals surface area contributed by atoms with Crippen LogP contribution in [0.3, 0.4) is 0 Å². The van der Waals surface area contributed by atoms with E-state index < -0.39 is 0 Å². The maximum atomic E-state index is 9.64. The first-order valence-corrected chi connectivity index (χ1v) is 8.05. The van der Waals surface area contributed by atoms with Gasteiger partial charge < -0.3 is 5.11 Å². The first kappa shape index (κ1) is 19.0. The Kier molecular flexibility index (Phi) is 7.65. The molecular weight excluding hydrogens is 232 g/mol. The zero-order valence-corrected chi connectivity index (χ0v) is 14.7. The molecule has 3 unspecified atom stereocenters. The monoisotopic (exact) mass is 270 g/mol. The standard InChI is InChI=1S/C18H38O/c1-14(11-17(3,4)5)9-10-16(13-19)15(2)12-18(6,7)8/h14-16,19H,9-13H2,1-8H3. The van der Waals surface area contributed by atoms with Crippen molar-refractivity contribution in [3.63, 3.8) is 0 Å². The van der Waals surface area contributed by atoms with Crippen LogP contribution in [0.1, 0.15) is 81.1 Å². The summed E-state index contributed by atoms with van der Waals surface area (Å²) < 4.78 is 0. The second kappa shape index (κ2) is 7.67. The van der Waals surface area contributed by atoms with Gasteiger partial charge in [-0.3, -0.25) is 0 Å². The molecule has 0 aromatic carbocycles. The average molecular weight is 271 g/mol. The van der Waals surface area contributed by atoms with E-state index in [2.05, 4.69) is 55.4 Å². The molecule has 0 bridgehead atoms. The molecular formula is C18H38O.